The molecule has 0 aliphatic heterocycles. The van der Waals surface area contributed by atoms with E-state index in [0.29, 0.717) is 24.7 Å². The SMILES string of the molecule is CCOCOc1ccc(O)c(OCOCC)c1. The van der Waals surface area contributed by atoms with Crippen LogP contribution in [-0.2, 0) is 9.47 Å². The molecule has 0 aromatic heterocycles. The quantitative estimate of drug-likeness (QED) is 0.559. The lowest BCUT2D eigenvalue weighted by Gasteiger charge is -2.10. The zero-order chi connectivity index (χ0) is 12.5. The fourth-order valence-corrected chi connectivity index (χ4v) is 1.08. The lowest BCUT2D eigenvalue weighted by atomic mass is 10.3. The molecule has 5 heteroatoms. The van der Waals surface area contributed by atoms with Gasteiger partial charge in [-0.15, -0.1) is 0 Å². The van der Waals surface area contributed by atoms with E-state index in [2.05, 4.69) is 0 Å². The monoisotopic (exact) mass is 242 g/mol. The minimum Gasteiger partial charge on any atom is -0.504 e. The molecule has 1 aromatic rings. The van der Waals surface area contributed by atoms with Crippen molar-refractivity contribution in [2.24, 2.45) is 0 Å². The number of rotatable bonds is 8. The summed E-state index contributed by atoms with van der Waals surface area (Å²) in [7, 11) is 0. The van der Waals surface area contributed by atoms with Crippen molar-refractivity contribution < 1.29 is 24.1 Å². The highest BCUT2D eigenvalue weighted by atomic mass is 16.7. The Kier molecular flexibility index (Phi) is 6.21. The molecular formula is C12H18O5. The van der Waals surface area contributed by atoms with Gasteiger partial charge in [0.25, 0.3) is 0 Å². The van der Waals surface area contributed by atoms with Crippen LogP contribution in [0.1, 0.15) is 13.8 Å². The fraction of sp³-hybridized carbons (Fsp3) is 0.500. The fourth-order valence-electron chi connectivity index (χ4n) is 1.08. The number of hydrogen-bond acceptors (Lipinski definition) is 5. The van der Waals surface area contributed by atoms with Crippen LogP contribution in [0.25, 0.3) is 0 Å². The summed E-state index contributed by atoms with van der Waals surface area (Å²) in [6.07, 6.45) is 0. The van der Waals surface area contributed by atoms with Gasteiger partial charge in [-0.25, -0.2) is 0 Å². The zero-order valence-electron chi connectivity index (χ0n) is 10.1. The Labute approximate surface area is 101 Å². The third-order valence-electron chi connectivity index (χ3n) is 1.95. The predicted molar refractivity (Wildman–Crippen MR) is 62.3 cm³/mol. The summed E-state index contributed by atoms with van der Waals surface area (Å²) in [6.45, 7) is 5.17. The second-order valence-corrected chi connectivity index (χ2v) is 3.14. The summed E-state index contributed by atoms with van der Waals surface area (Å²) in [5.74, 6) is 0.948. The van der Waals surface area contributed by atoms with Crippen molar-refractivity contribution in [2.75, 3.05) is 26.8 Å². The molecular weight excluding hydrogens is 224 g/mol. The van der Waals surface area contributed by atoms with E-state index in [9.17, 15) is 5.11 Å². The molecule has 96 valence electrons. The molecule has 1 aromatic carbocycles. The van der Waals surface area contributed by atoms with Gasteiger partial charge < -0.3 is 24.1 Å². The van der Waals surface area contributed by atoms with Gasteiger partial charge in [0.2, 0.25) is 0 Å². The third kappa shape index (κ3) is 4.93. The Morgan fingerprint density at radius 3 is 2.29 bits per heavy atom. The van der Waals surface area contributed by atoms with Gasteiger partial charge >= 0.3 is 0 Å². The molecule has 0 aliphatic rings. The van der Waals surface area contributed by atoms with Crippen LogP contribution < -0.4 is 9.47 Å². The maximum Gasteiger partial charge on any atom is 0.189 e. The summed E-state index contributed by atoms with van der Waals surface area (Å²) in [4.78, 5) is 0. The lowest BCUT2D eigenvalue weighted by molar-refractivity contribution is 0.0171. The highest BCUT2D eigenvalue weighted by molar-refractivity contribution is 5.44. The summed E-state index contributed by atoms with van der Waals surface area (Å²) in [5.41, 5.74) is 0. The zero-order valence-corrected chi connectivity index (χ0v) is 10.1. The molecule has 1 N–H and O–H groups in total. The van der Waals surface area contributed by atoms with E-state index in [1.54, 1.807) is 12.1 Å². The molecule has 0 radical (unpaired) electrons. The van der Waals surface area contributed by atoms with Gasteiger partial charge in [-0.1, -0.05) is 0 Å². The Morgan fingerprint density at radius 1 is 1.00 bits per heavy atom. The van der Waals surface area contributed by atoms with E-state index in [1.807, 2.05) is 13.8 Å². The Morgan fingerprint density at radius 2 is 1.65 bits per heavy atom. The molecule has 5 nitrogen and oxygen atoms in total. The smallest absolute Gasteiger partial charge is 0.189 e. The van der Waals surface area contributed by atoms with Crippen molar-refractivity contribution in [1.29, 1.82) is 0 Å². The second-order valence-electron chi connectivity index (χ2n) is 3.14. The van der Waals surface area contributed by atoms with Crippen molar-refractivity contribution in [3.05, 3.63) is 18.2 Å². The van der Waals surface area contributed by atoms with Crippen LogP contribution in [0, 0.1) is 0 Å². The average molecular weight is 242 g/mol. The number of phenolic OH excluding ortho intramolecular Hbond substituents is 1. The largest absolute Gasteiger partial charge is 0.504 e. The maximum atomic E-state index is 9.54. The predicted octanol–water partition coefficient (Wildman–Crippen LogP) is 2.14. The van der Waals surface area contributed by atoms with Crippen LogP contribution in [-0.4, -0.2) is 31.9 Å². The summed E-state index contributed by atoms with van der Waals surface area (Å²) in [5, 5.41) is 9.54. The van der Waals surface area contributed by atoms with Crippen LogP contribution in [0.3, 0.4) is 0 Å². The molecule has 0 unspecified atom stereocenters. The summed E-state index contributed by atoms with van der Waals surface area (Å²) < 4.78 is 20.6. The van der Waals surface area contributed by atoms with E-state index in [0.717, 1.165) is 0 Å². The lowest BCUT2D eigenvalue weighted by Crippen LogP contribution is -2.04. The first-order valence-corrected chi connectivity index (χ1v) is 5.52. The standard InChI is InChI=1S/C12H18O5/c1-3-14-8-16-10-5-6-11(13)12(7-10)17-9-15-4-2/h5-7,13H,3-4,8-9H2,1-2H3. The van der Waals surface area contributed by atoms with Crippen LogP contribution >= 0.6 is 0 Å². The molecule has 0 amide bonds. The number of ether oxygens (including phenoxy) is 4. The highest BCUT2D eigenvalue weighted by Crippen LogP contribution is 2.30. The van der Waals surface area contributed by atoms with Gasteiger partial charge in [0.1, 0.15) is 5.75 Å². The molecule has 1 rings (SSSR count). The Balaban J connectivity index is 2.53. The normalized spacial score (nSPS) is 10.2. The van der Waals surface area contributed by atoms with Gasteiger partial charge in [0.15, 0.2) is 25.1 Å². The van der Waals surface area contributed by atoms with E-state index in [4.69, 9.17) is 18.9 Å². The van der Waals surface area contributed by atoms with Crippen LogP contribution in [0.4, 0.5) is 0 Å². The van der Waals surface area contributed by atoms with Gasteiger partial charge in [-0.05, 0) is 26.0 Å². The van der Waals surface area contributed by atoms with Gasteiger partial charge in [0.05, 0.1) is 0 Å². The number of hydrogen-bond donors (Lipinski definition) is 1. The van der Waals surface area contributed by atoms with Crippen LogP contribution in [0.5, 0.6) is 17.2 Å². The van der Waals surface area contributed by atoms with E-state index < -0.39 is 0 Å². The molecule has 0 fully saturated rings. The van der Waals surface area contributed by atoms with Crippen molar-refractivity contribution in [3.8, 4) is 17.2 Å². The Bertz CT molecular complexity index is 327. The summed E-state index contributed by atoms with van der Waals surface area (Å²) >= 11 is 0. The first kappa shape index (κ1) is 13.6. The van der Waals surface area contributed by atoms with E-state index in [1.165, 1.54) is 6.07 Å². The van der Waals surface area contributed by atoms with Crippen molar-refractivity contribution in [1.82, 2.24) is 0 Å². The summed E-state index contributed by atoms with van der Waals surface area (Å²) in [6, 6.07) is 4.73. The number of phenols is 1. The Hall–Kier alpha value is -1.46. The van der Waals surface area contributed by atoms with E-state index >= 15 is 0 Å². The highest BCUT2D eigenvalue weighted by Gasteiger charge is 2.04. The van der Waals surface area contributed by atoms with Crippen molar-refractivity contribution in [2.45, 2.75) is 13.8 Å². The first-order chi connectivity index (χ1) is 8.27. The second kappa shape index (κ2) is 7.76. The molecule has 0 aliphatic carbocycles. The first-order valence-electron chi connectivity index (χ1n) is 5.52. The van der Waals surface area contributed by atoms with Gasteiger partial charge in [-0.3, -0.25) is 0 Å². The van der Waals surface area contributed by atoms with E-state index in [-0.39, 0.29) is 19.3 Å². The topological polar surface area (TPSA) is 57.2 Å². The molecule has 0 saturated heterocycles. The van der Waals surface area contributed by atoms with Crippen molar-refractivity contribution >= 4 is 0 Å². The van der Waals surface area contributed by atoms with Crippen LogP contribution in [0.2, 0.25) is 0 Å². The molecule has 17 heavy (non-hydrogen) atoms. The van der Waals surface area contributed by atoms with Crippen LogP contribution in [0.15, 0.2) is 18.2 Å². The molecule has 0 spiro atoms. The molecule has 0 atom stereocenters. The van der Waals surface area contributed by atoms with Gasteiger partial charge in [0, 0.05) is 19.3 Å². The maximum absolute atomic E-state index is 9.54. The number of benzene rings is 1. The van der Waals surface area contributed by atoms with Crippen molar-refractivity contribution in [3.63, 3.8) is 0 Å². The molecule has 0 heterocycles. The van der Waals surface area contributed by atoms with Gasteiger partial charge in [-0.2, -0.15) is 0 Å². The minimum atomic E-state index is 0.0495. The third-order valence-corrected chi connectivity index (χ3v) is 1.95. The average Bonchev–Trinajstić information content (AvgIpc) is 2.33. The molecule has 0 bridgehead atoms. The molecule has 0 saturated carbocycles. The minimum absolute atomic E-state index is 0.0495. The number of aromatic hydroxyl groups is 1.